The third-order valence-corrected chi connectivity index (χ3v) is 5.76. The molecule has 0 saturated heterocycles. The van der Waals surface area contributed by atoms with Crippen LogP contribution in [0.3, 0.4) is 0 Å². The SMILES string of the molecule is COc1ccc(CC(=O)NCCCc2nc3ccccc3n2C(C)c2ccccc2)cc1. The summed E-state index contributed by atoms with van der Waals surface area (Å²) < 4.78 is 7.49. The van der Waals surface area contributed by atoms with Crippen molar-refractivity contribution in [2.75, 3.05) is 13.7 Å². The second-order valence-corrected chi connectivity index (χ2v) is 7.95. The van der Waals surface area contributed by atoms with E-state index in [1.165, 1.54) is 5.56 Å². The van der Waals surface area contributed by atoms with Gasteiger partial charge in [-0.25, -0.2) is 4.98 Å². The minimum absolute atomic E-state index is 0.0290. The van der Waals surface area contributed by atoms with E-state index in [-0.39, 0.29) is 11.9 Å². The van der Waals surface area contributed by atoms with Gasteiger partial charge in [0.05, 0.1) is 30.6 Å². The molecule has 1 amide bonds. The molecular weight excluding hydrogens is 398 g/mol. The number of methoxy groups -OCH3 is 1. The van der Waals surface area contributed by atoms with Crippen LogP contribution in [0, 0.1) is 0 Å². The van der Waals surface area contributed by atoms with E-state index < -0.39 is 0 Å². The van der Waals surface area contributed by atoms with Crippen molar-refractivity contribution < 1.29 is 9.53 Å². The number of para-hydroxylation sites is 2. The number of nitrogens with zero attached hydrogens (tertiary/aromatic N) is 2. The lowest BCUT2D eigenvalue weighted by Crippen LogP contribution is -2.26. The smallest absolute Gasteiger partial charge is 0.224 e. The Balaban J connectivity index is 1.39. The maximum Gasteiger partial charge on any atom is 0.224 e. The van der Waals surface area contributed by atoms with Gasteiger partial charge in [0.15, 0.2) is 0 Å². The average Bonchev–Trinajstić information content (AvgIpc) is 3.20. The number of carbonyl (C=O) groups is 1. The first-order valence-corrected chi connectivity index (χ1v) is 11.1. The van der Waals surface area contributed by atoms with Gasteiger partial charge in [-0.15, -0.1) is 0 Å². The number of amides is 1. The number of imidazole rings is 1. The van der Waals surface area contributed by atoms with E-state index in [1.54, 1.807) is 7.11 Å². The van der Waals surface area contributed by atoms with Crippen LogP contribution in [0.25, 0.3) is 11.0 Å². The van der Waals surface area contributed by atoms with E-state index in [0.29, 0.717) is 13.0 Å². The molecule has 164 valence electrons. The molecule has 0 fully saturated rings. The molecule has 32 heavy (non-hydrogen) atoms. The summed E-state index contributed by atoms with van der Waals surface area (Å²) in [6.07, 6.45) is 2.00. The summed E-state index contributed by atoms with van der Waals surface area (Å²) in [5, 5.41) is 3.04. The topological polar surface area (TPSA) is 56.1 Å². The number of benzene rings is 3. The van der Waals surface area contributed by atoms with Gasteiger partial charge in [0.1, 0.15) is 11.6 Å². The van der Waals surface area contributed by atoms with Gasteiger partial charge in [-0.05, 0) is 48.7 Å². The van der Waals surface area contributed by atoms with Crippen molar-refractivity contribution >= 4 is 16.9 Å². The molecule has 4 rings (SSSR count). The molecule has 4 aromatic rings. The summed E-state index contributed by atoms with van der Waals surface area (Å²) in [7, 11) is 1.64. The third-order valence-electron chi connectivity index (χ3n) is 5.76. The number of hydrogen-bond donors (Lipinski definition) is 1. The predicted octanol–water partition coefficient (Wildman–Crippen LogP) is 4.95. The largest absolute Gasteiger partial charge is 0.497 e. The fourth-order valence-corrected chi connectivity index (χ4v) is 4.05. The third kappa shape index (κ3) is 4.99. The highest BCUT2D eigenvalue weighted by molar-refractivity contribution is 5.78. The van der Waals surface area contributed by atoms with E-state index in [1.807, 2.05) is 36.4 Å². The Labute approximate surface area is 189 Å². The van der Waals surface area contributed by atoms with E-state index in [2.05, 4.69) is 59.3 Å². The number of rotatable bonds is 9. The summed E-state index contributed by atoms with van der Waals surface area (Å²) in [6, 6.07) is 26.5. The molecule has 1 unspecified atom stereocenters. The second kappa shape index (κ2) is 10.1. The first-order chi connectivity index (χ1) is 15.7. The van der Waals surface area contributed by atoms with Gasteiger partial charge in [0, 0.05) is 13.0 Å². The summed E-state index contributed by atoms with van der Waals surface area (Å²) in [6.45, 7) is 2.83. The van der Waals surface area contributed by atoms with Gasteiger partial charge in [-0.1, -0.05) is 54.6 Å². The van der Waals surface area contributed by atoms with E-state index >= 15 is 0 Å². The average molecular weight is 428 g/mol. The highest BCUT2D eigenvalue weighted by Crippen LogP contribution is 2.26. The highest BCUT2D eigenvalue weighted by atomic mass is 16.5. The lowest BCUT2D eigenvalue weighted by Gasteiger charge is -2.18. The molecule has 1 atom stereocenters. The Hall–Kier alpha value is -3.60. The van der Waals surface area contributed by atoms with Crippen molar-refractivity contribution in [3.05, 3.63) is 95.8 Å². The zero-order valence-corrected chi connectivity index (χ0v) is 18.6. The van der Waals surface area contributed by atoms with Crippen LogP contribution in [0.2, 0.25) is 0 Å². The fraction of sp³-hybridized carbons (Fsp3) is 0.259. The van der Waals surface area contributed by atoms with Crippen molar-refractivity contribution in [3.63, 3.8) is 0 Å². The fourth-order valence-electron chi connectivity index (χ4n) is 4.05. The first-order valence-electron chi connectivity index (χ1n) is 11.1. The van der Waals surface area contributed by atoms with E-state index in [0.717, 1.165) is 41.0 Å². The Morgan fingerprint density at radius 2 is 1.72 bits per heavy atom. The second-order valence-electron chi connectivity index (χ2n) is 7.95. The van der Waals surface area contributed by atoms with Crippen LogP contribution in [0.5, 0.6) is 5.75 Å². The van der Waals surface area contributed by atoms with E-state index in [9.17, 15) is 4.79 Å². The lowest BCUT2D eigenvalue weighted by atomic mass is 10.1. The summed E-state index contributed by atoms with van der Waals surface area (Å²) in [4.78, 5) is 17.2. The maximum absolute atomic E-state index is 12.3. The van der Waals surface area contributed by atoms with Gasteiger partial charge in [0.25, 0.3) is 0 Å². The van der Waals surface area contributed by atoms with Crippen LogP contribution in [0.15, 0.2) is 78.9 Å². The summed E-state index contributed by atoms with van der Waals surface area (Å²) in [5.41, 5.74) is 4.38. The van der Waals surface area contributed by atoms with Gasteiger partial charge in [-0.3, -0.25) is 4.79 Å². The monoisotopic (exact) mass is 427 g/mol. The Morgan fingerprint density at radius 3 is 2.47 bits per heavy atom. The van der Waals surface area contributed by atoms with Crippen LogP contribution < -0.4 is 10.1 Å². The molecule has 1 N–H and O–H groups in total. The minimum Gasteiger partial charge on any atom is -0.497 e. The van der Waals surface area contributed by atoms with Crippen LogP contribution in [-0.2, 0) is 17.6 Å². The molecule has 0 bridgehead atoms. The van der Waals surface area contributed by atoms with Crippen molar-refractivity contribution in [3.8, 4) is 5.75 Å². The van der Waals surface area contributed by atoms with Crippen molar-refractivity contribution in [1.29, 1.82) is 0 Å². The minimum atomic E-state index is 0.0290. The summed E-state index contributed by atoms with van der Waals surface area (Å²) >= 11 is 0. The van der Waals surface area contributed by atoms with Crippen molar-refractivity contribution in [1.82, 2.24) is 14.9 Å². The van der Waals surface area contributed by atoms with Gasteiger partial charge >= 0.3 is 0 Å². The lowest BCUT2D eigenvalue weighted by molar-refractivity contribution is -0.120. The van der Waals surface area contributed by atoms with Gasteiger partial charge in [-0.2, -0.15) is 0 Å². The quantitative estimate of drug-likeness (QED) is 0.385. The van der Waals surface area contributed by atoms with Crippen molar-refractivity contribution in [2.45, 2.75) is 32.2 Å². The number of carbonyl (C=O) groups excluding carboxylic acids is 1. The predicted molar refractivity (Wildman–Crippen MR) is 128 cm³/mol. The molecule has 0 aliphatic carbocycles. The zero-order valence-electron chi connectivity index (χ0n) is 18.6. The van der Waals surface area contributed by atoms with Gasteiger partial charge in [0.2, 0.25) is 5.91 Å². The molecule has 1 heterocycles. The molecule has 5 nitrogen and oxygen atoms in total. The number of nitrogens with one attached hydrogen (secondary N) is 1. The molecule has 0 aliphatic heterocycles. The number of ether oxygens (including phenoxy) is 1. The highest BCUT2D eigenvalue weighted by Gasteiger charge is 2.17. The number of fused-ring (bicyclic) bond motifs is 1. The summed E-state index contributed by atoms with van der Waals surface area (Å²) in [5.74, 6) is 1.87. The van der Waals surface area contributed by atoms with Crippen LogP contribution in [0.4, 0.5) is 0 Å². The molecule has 0 spiro atoms. The molecule has 1 aromatic heterocycles. The van der Waals surface area contributed by atoms with Crippen LogP contribution in [-0.4, -0.2) is 29.1 Å². The molecule has 5 heteroatoms. The Kier molecular flexibility index (Phi) is 6.85. The molecule has 0 aliphatic rings. The molecule has 0 radical (unpaired) electrons. The van der Waals surface area contributed by atoms with Crippen LogP contribution in [0.1, 0.15) is 36.3 Å². The van der Waals surface area contributed by atoms with Crippen LogP contribution >= 0.6 is 0 Å². The Morgan fingerprint density at radius 1 is 1.00 bits per heavy atom. The first kappa shape index (κ1) is 21.6. The molecular formula is C27H29N3O2. The number of aromatic nitrogens is 2. The van der Waals surface area contributed by atoms with Gasteiger partial charge < -0.3 is 14.6 Å². The standard InChI is InChI=1S/C27H29N3O2/c1-20(22-9-4-3-5-10-22)30-25-12-7-6-11-24(25)29-26(30)13-8-18-28-27(31)19-21-14-16-23(32-2)17-15-21/h3-7,9-12,14-17,20H,8,13,18-19H2,1-2H3,(H,28,31). The molecule has 0 saturated carbocycles. The normalized spacial score (nSPS) is 11.9. The van der Waals surface area contributed by atoms with Crippen molar-refractivity contribution in [2.24, 2.45) is 0 Å². The molecule has 3 aromatic carbocycles. The Bertz CT molecular complexity index is 1170. The number of hydrogen-bond acceptors (Lipinski definition) is 3. The maximum atomic E-state index is 12.3. The van der Waals surface area contributed by atoms with E-state index in [4.69, 9.17) is 9.72 Å². The zero-order chi connectivity index (χ0) is 22.3. The number of aryl methyl sites for hydroxylation is 1.